The molecule has 1 fully saturated rings. The summed E-state index contributed by atoms with van der Waals surface area (Å²) in [4.78, 5) is 27.1. The van der Waals surface area contributed by atoms with Crippen LogP contribution in [-0.2, 0) is 4.79 Å². The molecule has 1 saturated heterocycles. The Morgan fingerprint density at radius 2 is 2.04 bits per heavy atom. The predicted octanol–water partition coefficient (Wildman–Crippen LogP) is 2.02. The summed E-state index contributed by atoms with van der Waals surface area (Å²) < 4.78 is 8.33. The number of para-hydroxylation sites is 2. The molecule has 2 aliphatic heterocycles. The van der Waals surface area contributed by atoms with E-state index in [9.17, 15) is 9.59 Å². The van der Waals surface area contributed by atoms with Crippen molar-refractivity contribution in [2.45, 2.75) is 18.5 Å². The zero-order valence-electron chi connectivity index (χ0n) is 13.7. The lowest BCUT2D eigenvalue weighted by atomic mass is 10.1. The van der Waals surface area contributed by atoms with Crippen molar-refractivity contribution in [1.29, 1.82) is 0 Å². The van der Waals surface area contributed by atoms with Crippen LogP contribution in [0, 0.1) is 0 Å². The molecule has 1 aromatic heterocycles. The van der Waals surface area contributed by atoms with Crippen LogP contribution in [0.1, 0.15) is 16.8 Å². The third kappa shape index (κ3) is 2.41. The fourth-order valence-corrected chi connectivity index (χ4v) is 4.21. The summed E-state index contributed by atoms with van der Waals surface area (Å²) in [6.07, 6.45) is 0.590. The van der Waals surface area contributed by atoms with Crippen molar-refractivity contribution < 1.29 is 9.59 Å². The number of amides is 2. The average Bonchev–Trinajstić information content (AvgIpc) is 3.28. The highest BCUT2D eigenvalue weighted by Crippen LogP contribution is 2.36. The molecule has 2 N–H and O–H groups in total. The van der Waals surface area contributed by atoms with Gasteiger partial charge in [-0.25, -0.2) is 0 Å². The summed E-state index contributed by atoms with van der Waals surface area (Å²) >= 11 is 1.13. The summed E-state index contributed by atoms with van der Waals surface area (Å²) in [6, 6.07) is 12.7. The number of rotatable bonds is 2. The van der Waals surface area contributed by atoms with E-state index < -0.39 is 0 Å². The molecule has 3 heterocycles. The van der Waals surface area contributed by atoms with Crippen LogP contribution in [0.2, 0.25) is 0 Å². The van der Waals surface area contributed by atoms with Gasteiger partial charge in [0.2, 0.25) is 5.91 Å². The number of carbonyl (C=O) groups excluding carboxylic acids is 2. The van der Waals surface area contributed by atoms with Crippen LogP contribution in [0.3, 0.4) is 0 Å². The maximum atomic E-state index is 12.6. The number of anilines is 2. The van der Waals surface area contributed by atoms with Gasteiger partial charge in [-0.3, -0.25) is 9.59 Å². The molecular weight excluding hydrogens is 350 g/mol. The molecule has 130 valence electrons. The smallest absolute Gasteiger partial charge is 0.251 e. The molecule has 0 saturated carbocycles. The van der Waals surface area contributed by atoms with Crippen LogP contribution in [0.5, 0.6) is 0 Å². The van der Waals surface area contributed by atoms with Crippen molar-refractivity contribution >= 4 is 46.0 Å². The highest BCUT2D eigenvalue weighted by Gasteiger charge is 2.41. The summed E-state index contributed by atoms with van der Waals surface area (Å²) in [5.74, 6) is -0.172. The Morgan fingerprint density at radius 3 is 2.96 bits per heavy atom. The van der Waals surface area contributed by atoms with Crippen LogP contribution in [-0.4, -0.2) is 39.2 Å². The van der Waals surface area contributed by atoms with Crippen molar-refractivity contribution in [2.24, 2.45) is 0 Å². The zero-order valence-corrected chi connectivity index (χ0v) is 14.5. The lowest BCUT2D eigenvalue weighted by Crippen LogP contribution is -2.44. The maximum absolute atomic E-state index is 12.6. The Morgan fingerprint density at radius 1 is 1.19 bits per heavy atom. The molecule has 0 aliphatic carbocycles. The van der Waals surface area contributed by atoms with Crippen molar-refractivity contribution in [3.05, 3.63) is 48.0 Å². The molecule has 2 aliphatic rings. The minimum Gasteiger partial charge on any atom is -0.356 e. The maximum Gasteiger partial charge on any atom is 0.251 e. The highest BCUT2D eigenvalue weighted by atomic mass is 32.1. The number of aromatic nitrogens is 2. The van der Waals surface area contributed by atoms with Crippen LogP contribution in [0.4, 0.5) is 11.4 Å². The molecule has 2 amide bonds. The van der Waals surface area contributed by atoms with Gasteiger partial charge >= 0.3 is 0 Å². The minimum atomic E-state index is -0.250. The average molecular weight is 365 g/mol. The van der Waals surface area contributed by atoms with E-state index in [4.69, 9.17) is 0 Å². The molecule has 2 aromatic carbocycles. The molecule has 26 heavy (non-hydrogen) atoms. The molecule has 2 atom stereocenters. The molecule has 3 aromatic rings. The van der Waals surface area contributed by atoms with Gasteiger partial charge in [-0.05, 0) is 36.8 Å². The predicted molar refractivity (Wildman–Crippen MR) is 99.5 cm³/mol. The van der Waals surface area contributed by atoms with Crippen molar-refractivity contribution in [2.75, 3.05) is 16.8 Å². The van der Waals surface area contributed by atoms with E-state index in [1.165, 1.54) is 0 Å². The zero-order chi connectivity index (χ0) is 17.7. The number of carbonyl (C=O) groups is 2. The van der Waals surface area contributed by atoms with Crippen molar-refractivity contribution in [3.63, 3.8) is 0 Å². The topological polar surface area (TPSA) is 87.2 Å². The molecule has 7 nitrogen and oxygen atoms in total. The number of benzene rings is 2. The summed E-state index contributed by atoms with van der Waals surface area (Å²) in [5, 5.41) is 6.00. The van der Waals surface area contributed by atoms with Gasteiger partial charge in [0.15, 0.2) is 0 Å². The number of hydrogen-bond acceptors (Lipinski definition) is 6. The fourth-order valence-electron chi connectivity index (χ4n) is 3.69. The van der Waals surface area contributed by atoms with Gasteiger partial charge in [0.25, 0.3) is 5.91 Å². The van der Waals surface area contributed by atoms with Gasteiger partial charge in [0, 0.05) is 18.2 Å². The fraction of sp³-hybridized carbons (Fsp3) is 0.222. The highest BCUT2D eigenvalue weighted by molar-refractivity contribution is 7.00. The number of nitrogens with one attached hydrogen (secondary N) is 2. The molecular formula is C18H15N5O2S. The van der Waals surface area contributed by atoms with E-state index in [1.54, 1.807) is 18.2 Å². The second-order valence-corrected chi connectivity index (χ2v) is 7.08. The first-order valence-electron chi connectivity index (χ1n) is 8.39. The van der Waals surface area contributed by atoms with Crippen molar-refractivity contribution in [3.8, 4) is 0 Å². The molecule has 8 heteroatoms. The second-order valence-electron chi connectivity index (χ2n) is 6.55. The third-order valence-corrected chi connectivity index (χ3v) is 5.48. The van der Waals surface area contributed by atoms with Gasteiger partial charge in [-0.2, -0.15) is 8.75 Å². The van der Waals surface area contributed by atoms with E-state index in [-0.39, 0.29) is 23.9 Å². The molecule has 0 bridgehead atoms. The first-order chi connectivity index (χ1) is 12.7. The van der Waals surface area contributed by atoms with Crippen LogP contribution < -0.4 is 15.5 Å². The first kappa shape index (κ1) is 15.3. The Kier molecular flexibility index (Phi) is 3.39. The van der Waals surface area contributed by atoms with Gasteiger partial charge in [-0.15, -0.1) is 0 Å². The Hall–Kier alpha value is -3.00. The lowest BCUT2D eigenvalue weighted by Gasteiger charge is -2.32. The third-order valence-electron chi connectivity index (χ3n) is 4.93. The Balaban J connectivity index is 1.36. The van der Waals surface area contributed by atoms with Crippen LogP contribution >= 0.6 is 11.7 Å². The first-order valence-corrected chi connectivity index (χ1v) is 9.12. The molecule has 0 unspecified atom stereocenters. The normalized spacial score (nSPS) is 21.2. The molecule has 0 radical (unpaired) electrons. The monoisotopic (exact) mass is 365 g/mol. The van der Waals surface area contributed by atoms with E-state index in [2.05, 4.69) is 24.3 Å². The van der Waals surface area contributed by atoms with Crippen LogP contribution in [0.15, 0.2) is 42.5 Å². The standard InChI is InChI=1S/C18H15N5O2S/c24-17(10-5-6-12-14(7-10)22-26-21-12)19-11-8-16-18(25)20-13-3-1-2-4-15(13)23(16)9-11/h1-7,11,16H,8-9H2,(H,19,24)(H,20,25)/t11-,16+/m0/s1. The van der Waals surface area contributed by atoms with E-state index >= 15 is 0 Å². The lowest BCUT2D eigenvalue weighted by molar-refractivity contribution is -0.117. The summed E-state index contributed by atoms with van der Waals surface area (Å²) in [6.45, 7) is 0.612. The number of hydrogen-bond donors (Lipinski definition) is 2. The largest absolute Gasteiger partial charge is 0.356 e. The van der Waals surface area contributed by atoms with E-state index in [1.807, 2.05) is 24.3 Å². The van der Waals surface area contributed by atoms with E-state index in [0.717, 1.165) is 34.1 Å². The number of nitrogens with zero attached hydrogens (tertiary/aromatic N) is 3. The Labute approximate surface area is 153 Å². The van der Waals surface area contributed by atoms with Crippen molar-refractivity contribution in [1.82, 2.24) is 14.1 Å². The quantitative estimate of drug-likeness (QED) is 0.726. The number of fused-ring (bicyclic) bond motifs is 4. The van der Waals surface area contributed by atoms with Gasteiger partial charge in [0.1, 0.15) is 17.1 Å². The summed E-state index contributed by atoms with van der Waals surface area (Å²) in [5.41, 5.74) is 3.89. The minimum absolute atomic E-state index is 0.0181. The Bertz CT molecular complexity index is 1030. The molecule has 5 rings (SSSR count). The van der Waals surface area contributed by atoms with Crippen LogP contribution in [0.25, 0.3) is 11.0 Å². The second kappa shape index (κ2) is 5.77. The van der Waals surface area contributed by atoms with Gasteiger partial charge in [-0.1, -0.05) is 12.1 Å². The summed E-state index contributed by atoms with van der Waals surface area (Å²) in [7, 11) is 0. The molecule has 0 spiro atoms. The van der Waals surface area contributed by atoms with Gasteiger partial charge in [0.05, 0.1) is 23.1 Å². The van der Waals surface area contributed by atoms with Gasteiger partial charge < -0.3 is 15.5 Å². The van der Waals surface area contributed by atoms with E-state index in [0.29, 0.717) is 18.5 Å². The SMILES string of the molecule is O=C(N[C@H]1C[C@@H]2C(=O)Nc3ccccc3N2C1)c1ccc2nsnc2c1.